The summed E-state index contributed by atoms with van der Waals surface area (Å²) in [5, 5.41) is 13.3. The lowest BCUT2D eigenvalue weighted by atomic mass is 9.96. The van der Waals surface area contributed by atoms with Crippen LogP contribution in [-0.4, -0.2) is 22.3 Å². The third-order valence-electron chi connectivity index (χ3n) is 2.75. The van der Waals surface area contributed by atoms with Crippen molar-refractivity contribution in [3.8, 4) is 6.07 Å². The first-order valence-electron chi connectivity index (χ1n) is 6.69. The first kappa shape index (κ1) is 16.1. The molecule has 0 aromatic carbocycles. The van der Waals surface area contributed by atoms with Crippen LogP contribution in [0.5, 0.6) is 0 Å². The summed E-state index contributed by atoms with van der Waals surface area (Å²) in [6.07, 6.45) is 4.62. The van der Waals surface area contributed by atoms with E-state index in [-0.39, 0.29) is 0 Å². The largest absolute Gasteiger partial charge is 0.440 e. The van der Waals surface area contributed by atoms with E-state index in [1.54, 1.807) is 18.0 Å². The second-order valence-corrected chi connectivity index (χ2v) is 6.35. The second-order valence-electron chi connectivity index (χ2n) is 5.30. The van der Waals surface area contributed by atoms with Crippen LogP contribution in [0.4, 0.5) is 0 Å². The Morgan fingerprint density at radius 1 is 1.53 bits per heavy atom. The summed E-state index contributed by atoms with van der Waals surface area (Å²) in [6, 6.07) is 2.70. The number of aromatic nitrogens is 1. The highest BCUT2D eigenvalue weighted by Gasteiger charge is 2.23. The molecular formula is C14H23N3OS. The Morgan fingerprint density at radius 3 is 2.79 bits per heavy atom. The summed E-state index contributed by atoms with van der Waals surface area (Å²) in [5.41, 5.74) is 0.499. The third-order valence-corrected chi connectivity index (χ3v) is 3.68. The quantitative estimate of drug-likeness (QED) is 0.583. The fourth-order valence-electron chi connectivity index (χ4n) is 1.94. The highest BCUT2D eigenvalue weighted by atomic mass is 32.2. The van der Waals surface area contributed by atoms with E-state index in [9.17, 15) is 5.26 Å². The van der Waals surface area contributed by atoms with Gasteiger partial charge < -0.3 is 4.42 Å². The van der Waals surface area contributed by atoms with Gasteiger partial charge in [0, 0.05) is 11.8 Å². The van der Waals surface area contributed by atoms with E-state index >= 15 is 0 Å². The predicted octanol–water partition coefficient (Wildman–Crippen LogP) is 3.53. The molecule has 5 heteroatoms. The SMILES string of the molecule is Cc1coc(SCCCCC(C)(C#N)NC(C)C)n1. The molecule has 0 aliphatic heterocycles. The van der Waals surface area contributed by atoms with Gasteiger partial charge in [0.05, 0.1) is 11.8 Å². The van der Waals surface area contributed by atoms with Crippen LogP contribution < -0.4 is 5.32 Å². The molecule has 0 radical (unpaired) electrons. The lowest BCUT2D eigenvalue weighted by Gasteiger charge is -2.25. The Hall–Kier alpha value is -0.990. The molecule has 1 aromatic heterocycles. The molecule has 4 nitrogen and oxygen atoms in total. The van der Waals surface area contributed by atoms with Gasteiger partial charge in [-0.1, -0.05) is 11.8 Å². The van der Waals surface area contributed by atoms with Crippen molar-refractivity contribution in [2.24, 2.45) is 0 Å². The monoisotopic (exact) mass is 281 g/mol. The van der Waals surface area contributed by atoms with Gasteiger partial charge >= 0.3 is 0 Å². The van der Waals surface area contributed by atoms with Crippen LogP contribution in [0, 0.1) is 18.3 Å². The van der Waals surface area contributed by atoms with Crippen LogP contribution in [0.2, 0.25) is 0 Å². The van der Waals surface area contributed by atoms with E-state index in [0.29, 0.717) is 6.04 Å². The van der Waals surface area contributed by atoms with E-state index in [1.807, 2.05) is 13.8 Å². The minimum absolute atomic E-state index is 0.328. The van der Waals surface area contributed by atoms with Gasteiger partial charge in [-0.15, -0.1) is 0 Å². The summed E-state index contributed by atoms with van der Waals surface area (Å²) in [5.74, 6) is 0.975. The molecular weight excluding hydrogens is 258 g/mol. The lowest BCUT2D eigenvalue weighted by molar-refractivity contribution is 0.372. The molecule has 0 saturated heterocycles. The van der Waals surface area contributed by atoms with Gasteiger partial charge in [0.25, 0.3) is 5.22 Å². The molecule has 0 amide bonds. The first-order valence-corrected chi connectivity index (χ1v) is 7.67. The maximum absolute atomic E-state index is 9.23. The van der Waals surface area contributed by atoms with Crippen molar-refractivity contribution in [2.75, 3.05) is 5.75 Å². The van der Waals surface area contributed by atoms with Crippen LogP contribution in [0.25, 0.3) is 0 Å². The molecule has 0 aliphatic carbocycles. The van der Waals surface area contributed by atoms with E-state index in [2.05, 4.69) is 30.2 Å². The number of hydrogen-bond donors (Lipinski definition) is 1. The van der Waals surface area contributed by atoms with Gasteiger partial charge in [0.2, 0.25) is 0 Å². The molecule has 106 valence electrons. The Labute approximate surface area is 120 Å². The van der Waals surface area contributed by atoms with E-state index in [0.717, 1.165) is 35.9 Å². The van der Waals surface area contributed by atoms with E-state index in [4.69, 9.17) is 4.42 Å². The van der Waals surface area contributed by atoms with Crippen LogP contribution >= 0.6 is 11.8 Å². The van der Waals surface area contributed by atoms with Crippen LogP contribution in [0.1, 0.15) is 45.7 Å². The highest BCUT2D eigenvalue weighted by molar-refractivity contribution is 7.99. The minimum atomic E-state index is -0.418. The molecule has 0 bridgehead atoms. The normalized spacial score (nSPS) is 14.3. The van der Waals surface area contributed by atoms with Crippen molar-refractivity contribution in [1.82, 2.24) is 10.3 Å². The van der Waals surface area contributed by atoms with E-state index in [1.165, 1.54) is 0 Å². The molecule has 1 heterocycles. The number of aryl methyl sites for hydroxylation is 1. The maximum Gasteiger partial charge on any atom is 0.255 e. The zero-order valence-corrected chi connectivity index (χ0v) is 13.0. The van der Waals surface area contributed by atoms with Crippen molar-refractivity contribution in [3.63, 3.8) is 0 Å². The summed E-state index contributed by atoms with van der Waals surface area (Å²) in [7, 11) is 0. The Bertz CT molecular complexity index is 425. The summed E-state index contributed by atoms with van der Waals surface area (Å²) in [4.78, 5) is 4.24. The van der Waals surface area contributed by atoms with Gasteiger partial charge in [0.1, 0.15) is 11.8 Å². The number of nitrogens with one attached hydrogen (secondary N) is 1. The van der Waals surface area contributed by atoms with Gasteiger partial charge in [-0.05, 0) is 47.0 Å². The summed E-state index contributed by atoms with van der Waals surface area (Å²) < 4.78 is 5.27. The molecule has 0 saturated carbocycles. The smallest absolute Gasteiger partial charge is 0.255 e. The molecule has 0 aliphatic rings. The Balaban J connectivity index is 2.21. The number of hydrogen-bond acceptors (Lipinski definition) is 5. The van der Waals surface area contributed by atoms with Crippen LogP contribution in [-0.2, 0) is 0 Å². The van der Waals surface area contributed by atoms with Gasteiger partial charge in [-0.25, -0.2) is 4.98 Å². The topological polar surface area (TPSA) is 61.9 Å². The molecule has 1 rings (SSSR count). The number of nitrogens with zero attached hydrogens (tertiary/aromatic N) is 2. The molecule has 1 unspecified atom stereocenters. The van der Waals surface area contributed by atoms with Crippen molar-refractivity contribution >= 4 is 11.8 Å². The molecule has 1 aromatic rings. The lowest BCUT2D eigenvalue weighted by Crippen LogP contribution is -2.44. The van der Waals surface area contributed by atoms with Gasteiger partial charge in [-0.3, -0.25) is 5.32 Å². The molecule has 0 spiro atoms. The Kier molecular flexibility index (Phi) is 6.40. The first-order chi connectivity index (χ1) is 8.95. The fraction of sp³-hybridized carbons (Fsp3) is 0.714. The van der Waals surface area contributed by atoms with Crippen LogP contribution in [0.3, 0.4) is 0 Å². The number of rotatable bonds is 8. The molecule has 1 N–H and O–H groups in total. The summed E-state index contributed by atoms with van der Waals surface area (Å²) >= 11 is 1.63. The zero-order valence-electron chi connectivity index (χ0n) is 12.2. The number of thioether (sulfide) groups is 1. The molecule has 1 atom stereocenters. The zero-order chi connectivity index (χ0) is 14.3. The number of nitriles is 1. The average Bonchev–Trinajstić information content (AvgIpc) is 2.74. The van der Waals surface area contributed by atoms with Crippen molar-refractivity contribution in [1.29, 1.82) is 5.26 Å². The van der Waals surface area contributed by atoms with Crippen LogP contribution in [0.15, 0.2) is 15.9 Å². The fourth-order valence-corrected chi connectivity index (χ4v) is 2.78. The predicted molar refractivity (Wildman–Crippen MR) is 78.1 cm³/mol. The third kappa shape index (κ3) is 6.13. The molecule has 19 heavy (non-hydrogen) atoms. The van der Waals surface area contributed by atoms with Crippen molar-refractivity contribution in [2.45, 2.75) is 63.8 Å². The van der Waals surface area contributed by atoms with Gasteiger partial charge in [0.15, 0.2) is 0 Å². The van der Waals surface area contributed by atoms with Crippen molar-refractivity contribution in [3.05, 3.63) is 12.0 Å². The number of unbranched alkanes of at least 4 members (excludes halogenated alkanes) is 1. The number of oxazole rings is 1. The maximum atomic E-state index is 9.23. The minimum Gasteiger partial charge on any atom is -0.440 e. The highest BCUT2D eigenvalue weighted by Crippen LogP contribution is 2.20. The van der Waals surface area contributed by atoms with Gasteiger partial charge in [-0.2, -0.15) is 5.26 Å². The van der Waals surface area contributed by atoms with E-state index < -0.39 is 5.54 Å². The molecule has 0 fully saturated rings. The standard InChI is InChI=1S/C14H23N3OS/c1-11(2)17-14(4,10-15)7-5-6-8-19-13-16-12(3)9-18-13/h9,11,17H,5-8H2,1-4H3. The Morgan fingerprint density at radius 2 is 2.26 bits per heavy atom. The summed E-state index contributed by atoms with van der Waals surface area (Å²) in [6.45, 7) is 8.02. The van der Waals surface area contributed by atoms with Crippen molar-refractivity contribution < 1.29 is 4.42 Å². The average molecular weight is 281 g/mol. The second kappa shape index (κ2) is 7.56.